The van der Waals surface area contributed by atoms with E-state index in [1.165, 1.54) is 7.11 Å². The van der Waals surface area contributed by atoms with Crippen LogP contribution in [-0.4, -0.2) is 43.8 Å². The molecule has 0 saturated carbocycles. The molecular formula is C21H25NO5. The van der Waals surface area contributed by atoms with Crippen LogP contribution in [0.2, 0.25) is 0 Å². The van der Waals surface area contributed by atoms with Crippen LogP contribution >= 0.6 is 0 Å². The lowest BCUT2D eigenvalue weighted by Gasteiger charge is -2.37. The Hall–Kier alpha value is -2.89. The van der Waals surface area contributed by atoms with E-state index >= 15 is 0 Å². The molecule has 0 bridgehead atoms. The van der Waals surface area contributed by atoms with Gasteiger partial charge in [0, 0.05) is 13.5 Å². The minimum atomic E-state index is -0.140. The molecule has 1 amide bonds. The molecule has 1 heterocycles. The lowest BCUT2D eigenvalue weighted by Crippen LogP contribution is -2.39. The monoisotopic (exact) mass is 371 g/mol. The van der Waals surface area contributed by atoms with Crippen LogP contribution in [0, 0.1) is 0 Å². The molecule has 0 aliphatic carbocycles. The van der Waals surface area contributed by atoms with Gasteiger partial charge < -0.3 is 24.2 Å². The van der Waals surface area contributed by atoms with E-state index in [0.717, 1.165) is 16.7 Å². The van der Waals surface area contributed by atoms with Gasteiger partial charge in [0.05, 0.1) is 27.4 Å². The number of ether oxygens (including phenoxy) is 3. The molecule has 144 valence electrons. The van der Waals surface area contributed by atoms with E-state index in [9.17, 15) is 9.90 Å². The number of nitrogens with zero attached hydrogens (tertiary/aromatic N) is 1. The fraction of sp³-hybridized carbons (Fsp3) is 0.381. The Morgan fingerprint density at radius 1 is 1.07 bits per heavy atom. The standard InChI is InChI=1S/C21H25NO5/c1-13(23)22-8-7-15-11-18(24)20(26-3)12-16(15)17(22)9-14-5-6-19(25-2)21(10-14)27-4/h5-6,10-12,17,24H,7-9H2,1-4H3. The van der Waals surface area contributed by atoms with E-state index in [-0.39, 0.29) is 17.7 Å². The van der Waals surface area contributed by atoms with Crippen LogP contribution in [0.1, 0.15) is 29.7 Å². The molecule has 0 spiro atoms. The van der Waals surface area contributed by atoms with E-state index in [1.807, 2.05) is 29.2 Å². The van der Waals surface area contributed by atoms with Crippen molar-refractivity contribution in [1.82, 2.24) is 4.90 Å². The third-order valence-corrected chi connectivity index (χ3v) is 5.08. The van der Waals surface area contributed by atoms with Gasteiger partial charge in [-0.15, -0.1) is 0 Å². The zero-order chi connectivity index (χ0) is 19.6. The van der Waals surface area contributed by atoms with Crippen LogP contribution in [0.15, 0.2) is 30.3 Å². The second kappa shape index (κ2) is 7.78. The summed E-state index contributed by atoms with van der Waals surface area (Å²) >= 11 is 0. The number of phenolic OH excluding ortho intramolecular Hbond substituents is 1. The van der Waals surface area contributed by atoms with Gasteiger partial charge in [-0.05, 0) is 53.8 Å². The molecule has 3 rings (SSSR count). The van der Waals surface area contributed by atoms with Gasteiger partial charge in [0.1, 0.15) is 0 Å². The highest BCUT2D eigenvalue weighted by atomic mass is 16.5. The molecule has 6 nitrogen and oxygen atoms in total. The van der Waals surface area contributed by atoms with Gasteiger partial charge in [0.15, 0.2) is 23.0 Å². The topological polar surface area (TPSA) is 68.2 Å². The van der Waals surface area contributed by atoms with Crippen molar-refractivity contribution >= 4 is 5.91 Å². The molecule has 1 atom stereocenters. The first kappa shape index (κ1) is 18.9. The number of carbonyl (C=O) groups is 1. The normalized spacial score (nSPS) is 15.9. The molecule has 6 heteroatoms. The lowest BCUT2D eigenvalue weighted by atomic mass is 9.88. The Labute approximate surface area is 159 Å². The summed E-state index contributed by atoms with van der Waals surface area (Å²) in [6.45, 7) is 2.20. The number of phenols is 1. The van der Waals surface area contributed by atoms with Crippen LogP contribution in [0.5, 0.6) is 23.0 Å². The zero-order valence-corrected chi connectivity index (χ0v) is 16.1. The van der Waals surface area contributed by atoms with Crippen LogP contribution in [0.4, 0.5) is 0 Å². The summed E-state index contributed by atoms with van der Waals surface area (Å²) in [4.78, 5) is 14.1. The fourth-order valence-corrected chi connectivity index (χ4v) is 3.71. The number of carbonyl (C=O) groups excluding carboxylic acids is 1. The fourth-order valence-electron chi connectivity index (χ4n) is 3.71. The molecule has 0 fully saturated rings. The molecule has 1 unspecified atom stereocenters. The first-order chi connectivity index (χ1) is 13.0. The number of aromatic hydroxyl groups is 1. The largest absolute Gasteiger partial charge is 0.504 e. The van der Waals surface area contributed by atoms with E-state index in [1.54, 1.807) is 27.2 Å². The average Bonchev–Trinajstić information content (AvgIpc) is 2.67. The molecule has 1 N–H and O–H groups in total. The molecule has 0 aromatic heterocycles. The number of methoxy groups -OCH3 is 3. The molecular weight excluding hydrogens is 346 g/mol. The van der Waals surface area contributed by atoms with Gasteiger partial charge >= 0.3 is 0 Å². The highest BCUT2D eigenvalue weighted by molar-refractivity contribution is 5.74. The molecule has 0 radical (unpaired) electrons. The van der Waals surface area contributed by atoms with Crippen molar-refractivity contribution in [3.8, 4) is 23.0 Å². The van der Waals surface area contributed by atoms with Crippen LogP contribution in [0.25, 0.3) is 0 Å². The quantitative estimate of drug-likeness (QED) is 0.875. The van der Waals surface area contributed by atoms with Gasteiger partial charge in [0.25, 0.3) is 0 Å². The maximum absolute atomic E-state index is 12.3. The van der Waals surface area contributed by atoms with Crippen LogP contribution in [0.3, 0.4) is 0 Å². The molecule has 27 heavy (non-hydrogen) atoms. The highest BCUT2D eigenvalue weighted by Gasteiger charge is 2.30. The predicted octanol–water partition coefficient (Wildman–Crippen LogP) is 3.11. The smallest absolute Gasteiger partial charge is 0.219 e. The van der Waals surface area contributed by atoms with Gasteiger partial charge in [-0.25, -0.2) is 0 Å². The summed E-state index contributed by atoms with van der Waals surface area (Å²) < 4.78 is 16.0. The number of hydrogen-bond donors (Lipinski definition) is 1. The van der Waals surface area contributed by atoms with Crippen molar-refractivity contribution in [3.05, 3.63) is 47.0 Å². The van der Waals surface area contributed by atoms with E-state index in [4.69, 9.17) is 14.2 Å². The Morgan fingerprint density at radius 2 is 1.78 bits per heavy atom. The SMILES string of the molecule is COc1cc2c(cc1O)CCN(C(C)=O)C2Cc1ccc(OC)c(OC)c1. The van der Waals surface area contributed by atoms with Crippen LogP contribution in [-0.2, 0) is 17.6 Å². The second-order valence-corrected chi connectivity index (χ2v) is 6.59. The number of fused-ring (bicyclic) bond motifs is 1. The van der Waals surface area contributed by atoms with Crippen molar-refractivity contribution < 1.29 is 24.1 Å². The third-order valence-electron chi connectivity index (χ3n) is 5.08. The van der Waals surface area contributed by atoms with E-state index in [0.29, 0.717) is 36.6 Å². The highest BCUT2D eigenvalue weighted by Crippen LogP contribution is 2.39. The summed E-state index contributed by atoms with van der Waals surface area (Å²) in [6.07, 6.45) is 1.33. The van der Waals surface area contributed by atoms with Crippen molar-refractivity contribution in [2.75, 3.05) is 27.9 Å². The first-order valence-electron chi connectivity index (χ1n) is 8.86. The maximum atomic E-state index is 12.3. The molecule has 0 saturated heterocycles. The Balaban J connectivity index is 2.02. The Bertz CT molecular complexity index is 849. The Morgan fingerprint density at radius 3 is 2.41 bits per heavy atom. The van der Waals surface area contributed by atoms with Gasteiger partial charge in [-0.2, -0.15) is 0 Å². The van der Waals surface area contributed by atoms with E-state index in [2.05, 4.69) is 0 Å². The number of rotatable bonds is 5. The number of hydrogen-bond acceptors (Lipinski definition) is 5. The zero-order valence-electron chi connectivity index (χ0n) is 16.1. The number of benzene rings is 2. The number of amides is 1. The molecule has 2 aromatic carbocycles. The van der Waals surface area contributed by atoms with Crippen molar-refractivity contribution in [3.63, 3.8) is 0 Å². The average molecular weight is 371 g/mol. The van der Waals surface area contributed by atoms with Crippen molar-refractivity contribution in [1.29, 1.82) is 0 Å². The van der Waals surface area contributed by atoms with Crippen LogP contribution < -0.4 is 14.2 Å². The minimum absolute atomic E-state index is 0.0261. The lowest BCUT2D eigenvalue weighted by molar-refractivity contribution is -0.131. The summed E-state index contributed by atoms with van der Waals surface area (Å²) in [7, 11) is 4.73. The van der Waals surface area contributed by atoms with Gasteiger partial charge in [-0.1, -0.05) is 6.07 Å². The van der Waals surface area contributed by atoms with Gasteiger partial charge in [-0.3, -0.25) is 4.79 Å². The second-order valence-electron chi connectivity index (χ2n) is 6.59. The summed E-state index contributed by atoms with van der Waals surface area (Å²) in [5.74, 6) is 1.89. The molecule has 2 aromatic rings. The van der Waals surface area contributed by atoms with Crippen molar-refractivity contribution in [2.24, 2.45) is 0 Å². The predicted molar refractivity (Wildman–Crippen MR) is 102 cm³/mol. The minimum Gasteiger partial charge on any atom is -0.504 e. The third kappa shape index (κ3) is 3.65. The molecule has 1 aliphatic rings. The summed E-state index contributed by atoms with van der Waals surface area (Å²) in [5, 5.41) is 10.1. The van der Waals surface area contributed by atoms with E-state index < -0.39 is 0 Å². The summed E-state index contributed by atoms with van der Waals surface area (Å²) in [5.41, 5.74) is 3.07. The summed E-state index contributed by atoms with van der Waals surface area (Å²) in [6, 6.07) is 9.22. The Kier molecular flexibility index (Phi) is 5.44. The van der Waals surface area contributed by atoms with Gasteiger partial charge in [0.2, 0.25) is 5.91 Å². The molecule has 1 aliphatic heterocycles. The maximum Gasteiger partial charge on any atom is 0.219 e. The van der Waals surface area contributed by atoms with Crippen molar-refractivity contribution in [2.45, 2.75) is 25.8 Å². The first-order valence-corrected chi connectivity index (χ1v) is 8.86.